The number of benzene rings is 3. The van der Waals surface area contributed by atoms with Gasteiger partial charge in [0.1, 0.15) is 6.04 Å². The van der Waals surface area contributed by atoms with Gasteiger partial charge in [-0.3, -0.25) is 9.69 Å². The van der Waals surface area contributed by atoms with Crippen LogP contribution < -0.4 is 9.47 Å². The average molecular weight is 457 g/mol. The van der Waals surface area contributed by atoms with Crippen molar-refractivity contribution in [2.75, 3.05) is 21.3 Å². The first kappa shape index (κ1) is 22.0. The molecule has 1 aromatic heterocycles. The van der Waals surface area contributed by atoms with Gasteiger partial charge < -0.3 is 19.2 Å². The first-order valence-corrected chi connectivity index (χ1v) is 11.3. The maximum absolute atomic E-state index is 13.1. The number of nitrogens with zero attached hydrogens (tertiary/aromatic N) is 1. The van der Waals surface area contributed by atoms with Crippen molar-refractivity contribution in [3.8, 4) is 11.5 Å². The predicted molar refractivity (Wildman–Crippen MR) is 131 cm³/mol. The van der Waals surface area contributed by atoms with Gasteiger partial charge in [0.25, 0.3) is 0 Å². The molecule has 1 N–H and O–H groups in total. The van der Waals surface area contributed by atoms with Gasteiger partial charge in [0, 0.05) is 29.6 Å². The quantitative estimate of drug-likeness (QED) is 0.419. The highest BCUT2D eigenvalue weighted by Crippen LogP contribution is 2.43. The zero-order valence-electron chi connectivity index (χ0n) is 19.6. The van der Waals surface area contributed by atoms with Crippen LogP contribution in [0.5, 0.6) is 11.5 Å². The highest BCUT2D eigenvalue weighted by molar-refractivity contribution is 5.87. The van der Waals surface area contributed by atoms with Gasteiger partial charge in [-0.1, -0.05) is 54.6 Å². The summed E-state index contributed by atoms with van der Waals surface area (Å²) in [4.78, 5) is 19.0. The van der Waals surface area contributed by atoms with E-state index in [2.05, 4.69) is 34.1 Å². The highest BCUT2D eigenvalue weighted by atomic mass is 16.5. The number of para-hydroxylation sites is 1. The van der Waals surface area contributed by atoms with Crippen molar-refractivity contribution in [3.63, 3.8) is 0 Å². The molecular formula is C28H28N2O4. The van der Waals surface area contributed by atoms with Crippen LogP contribution in [-0.2, 0) is 22.5 Å². The Morgan fingerprint density at radius 1 is 0.941 bits per heavy atom. The SMILES string of the molecule is COC(=O)[C@@H]1Cc2c([nH]c3ccccc23)[C@@H](c2ccc(OC)c(OC)c2)N1Cc1ccccc1. The molecule has 0 fully saturated rings. The van der Waals surface area contributed by atoms with Crippen LogP contribution in [-0.4, -0.2) is 43.2 Å². The van der Waals surface area contributed by atoms with Crippen LogP contribution in [0.1, 0.15) is 28.4 Å². The number of rotatable bonds is 6. The molecule has 174 valence electrons. The molecule has 0 radical (unpaired) electrons. The van der Waals surface area contributed by atoms with E-state index in [4.69, 9.17) is 14.2 Å². The number of methoxy groups -OCH3 is 3. The molecule has 0 saturated carbocycles. The fourth-order valence-electron chi connectivity index (χ4n) is 5.06. The molecule has 0 bridgehead atoms. The number of aromatic nitrogens is 1. The lowest BCUT2D eigenvalue weighted by Gasteiger charge is -2.41. The summed E-state index contributed by atoms with van der Waals surface area (Å²) in [5.41, 5.74) is 5.43. The van der Waals surface area contributed by atoms with Gasteiger partial charge in [0.2, 0.25) is 0 Å². The van der Waals surface area contributed by atoms with Gasteiger partial charge in [-0.05, 0) is 34.9 Å². The molecule has 4 aromatic rings. The standard InChI is InChI=1S/C28H28N2O4/c1-32-24-14-13-19(15-25(24)33-2)27-26-21(20-11-7-8-12-22(20)29-26)16-23(28(31)34-3)30(27)17-18-9-5-4-6-10-18/h4-15,23,27,29H,16-17H2,1-3H3/t23-,27+/m0/s1. The Labute approximate surface area is 199 Å². The lowest BCUT2D eigenvalue weighted by atomic mass is 9.87. The third kappa shape index (κ3) is 3.80. The molecule has 1 aliphatic rings. The molecule has 1 aliphatic heterocycles. The monoisotopic (exact) mass is 456 g/mol. The minimum absolute atomic E-state index is 0.208. The van der Waals surface area contributed by atoms with E-state index < -0.39 is 6.04 Å². The Morgan fingerprint density at radius 3 is 2.41 bits per heavy atom. The van der Waals surface area contributed by atoms with Crippen molar-refractivity contribution in [3.05, 3.63) is 95.2 Å². The fourth-order valence-corrected chi connectivity index (χ4v) is 5.06. The predicted octanol–water partition coefficient (Wildman–Crippen LogP) is 4.87. The van der Waals surface area contributed by atoms with Crippen LogP contribution in [0, 0.1) is 0 Å². The number of fused-ring (bicyclic) bond motifs is 3. The summed E-state index contributed by atoms with van der Waals surface area (Å²) in [5, 5.41) is 1.14. The summed E-state index contributed by atoms with van der Waals surface area (Å²) in [6.07, 6.45) is 0.572. The molecule has 0 amide bonds. The molecule has 6 heteroatoms. The second kappa shape index (κ2) is 9.23. The smallest absolute Gasteiger partial charge is 0.323 e. The van der Waals surface area contributed by atoms with E-state index in [1.54, 1.807) is 14.2 Å². The van der Waals surface area contributed by atoms with Crippen LogP contribution in [0.2, 0.25) is 0 Å². The first-order valence-electron chi connectivity index (χ1n) is 11.3. The molecule has 34 heavy (non-hydrogen) atoms. The second-order valence-electron chi connectivity index (χ2n) is 8.48. The van der Waals surface area contributed by atoms with Crippen LogP contribution in [0.4, 0.5) is 0 Å². The summed E-state index contributed by atoms with van der Waals surface area (Å²) < 4.78 is 16.4. The molecule has 3 aromatic carbocycles. The lowest BCUT2D eigenvalue weighted by Crippen LogP contribution is -2.48. The Balaban J connectivity index is 1.73. The number of hydrogen-bond donors (Lipinski definition) is 1. The van der Waals surface area contributed by atoms with E-state index in [1.807, 2.05) is 48.5 Å². The summed E-state index contributed by atoms with van der Waals surface area (Å²) in [5.74, 6) is 1.08. The number of hydrogen-bond acceptors (Lipinski definition) is 5. The number of ether oxygens (including phenoxy) is 3. The fraction of sp³-hybridized carbons (Fsp3) is 0.250. The third-order valence-electron chi connectivity index (χ3n) is 6.65. The summed E-state index contributed by atoms with van der Waals surface area (Å²) in [6, 6.07) is 23.8. The van der Waals surface area contributed by atoms with Gasteiger partial charge in [-0.2, -0.15) is 0 Å². The van der Waals surface area contributed by atoms with Gasteiger partial charge in [0.15, 0.2) is 11.5 Å². The van der Waals surface area contributed by atoms with Gasteiger partial charge >= 0.3 is 5.97 Å². The van der Waals surface area contributed by atoms with Gasteiger partial charge in [-0.25, -0.2) is 0 Å². The van der Waals surface area contributed by atoms with E-state index in [0.29, 0.717) is 24.5 Å². The molecule has 2 heterocycles. The second-order valence-corrected chi connectivity index (χ2v) is 8.48. The van der Waals surface area contributed by atoms with Crippen molar-refractivity contribution in [1.82, 2.24) is 9.88 Å². The van der Waals surface area contributed by atoms with Crippen LogP contribution in [0.15, 0.2) is 72.8 Å². The van der Waals surface area contributed by atoms with Gasteiger partial charge in [0.05, 0.1) is 27.4 Å². The largest absolute Gasteiger partial charge is 0.493 e. The zero-order valence-corrected chi connectivity index (χ0v) is 19.6. The van der Waals surface area contributed by atoms with Crippen LogP contribution in [0.25, 0.3) is 10.9 Å². The van der Waals surface area contributed by atoms with Crippen molar-refractivity contribution in [2.45, 2.75) is 25.0 Å². The number of esters is 1. The van der Waals surface area contributed by atoms with E-state index >= 15 is 0 Å². The van der Waals surface area contributed by atoms with Crippen molar-refractivity contribution in [1.29, 1.82) is 0 Å². The van der Waals surface area contributed by atoms with Crippen LogP contribution in [0.3, 0.4) is 0 Å². The average Bonchev–Trinajstić information content (AvgIpc) is 3.26. The zero-order chi connectivity index (χ0) is 23.7. The third-order valence-corrected chi connectivity index (χ3v) is 6.65. The molecule has 0 spiro atoms. The van der Waals surface area contributed by atoms with Crippen LogP contribution >= 0.6 is 0 Å². The normalized spacial score (nSPS) is 17.9. The topological polar surface area (TPSA) is 63.8 Å². The minimum atomic E-state index is -0.435. The summed E-state index contributed by atoms with van der Waals surface area (Å²) in [7, 11) is 4.72. The first-order chi connectivity index (χ1) is 16.6. The van der Waals surface area contributed by atoms with Gasteiger partial charge in [-0.15, -0.1) is 0 Å². The minimum Gasteiger partial charge on any atom is -0.493 e. The summed E-state index contributed by atoms with van der Waals surface area (Å²) >= 11 is 0. The Kier molecular flexibility index (Phi) is 5.99. The Hall–Kier alpha value is -3.77. The van der Waals surface area contributed by atoms with E-state index in [9.17, 15) is 4.79 Å². The number of carbonyl (C=O) groups is 1. The number of aromatic amines is 1. The van der Waals surface area contributed by atoms with E-state index in [-0.39, 0.29) is 12.0 Å². The maximum atomic E-state index is 13.1. The summed E-state index contributed by atoms with van der Waals surface area (Å²) in [6.45, 7) is 0.592. The lowest BCUT2D eigenvalue weighted by molar-refractivity contribution is -0.148. The molecule has 6 nitrogen and oxygen atoms in total. The van der Waals surface area contributed by atoms with Crippen molar-refractivity contribution in [2.24, 2.45) is 0 Å². The number of nitrogens with one attached hydrogen (secondary N) is 1. The maximum Gasteiger partial charge on any atom is 0.323 e. The highest BCUT2D eigenvalue weighted by Gasteiger charge is 2.41. The molecule has 2 atom stereocenters. The Bertz CT molecular complexity index is 1310. The molecule has 0 unspecified atom stereocenters. The van der Waals surface area contributed by atoms with E-state index in [1.165, 1.54) is 7.11 Å². The van der Waals surface area contributed by atoms with E-state index in [0.717, 1.165) is 33.3 Å². The van der Waals surface area contributed by atoms with Crippen molar-refractivity contribution < 1.29 is 19.0 Å². The Morgan fingerprint density at radius 2 is 1.68 bits per heavy atom. The number of carbonyl (C=O) groups excluding carboxylic acids is 1. The molecule has 5 rings (SSSR count). The molecule has 0 saturated heterocycles. The molecular weight excluding hydrogens is 428 g/mol. The number of H-pyrrole nitrogens is 1. The van der Waals surface area contributed by atoms with Crippen molar-refractivity contribution >= 4 is 16.9 Å². The molecule has 0 aliphatic carbocycles.